The number of nitrogens with one attached hydrogen (secondary N) is 1. The van der Waals surface area contributed by atoms with Crippen LogP contribution in [0, 0.1) is 5.92 Å². The molecule has 1 aromatic heterocycles. The number of rotatable bonds is 5. The lowest BCUT2D eigenvalue weighted by Crippen LogP contribution is -2.31. The molecule has 3 rings (SSSR count). The molecule has 1 atom stereocenters. The lowest BCUT2D eigenvalue weighted by Gasteiger charge is -2.19. The van der Waals surface area contributed by atoms with Gasteiger partial charge in [0.05, 0.1) is 13.2 Å². The number of hydrogen-bond donors (Lipinski definition) is 2. The Hall–Kier alpha value is -2.63. The number of ether oxygens (including phenoxy) is 1. The minimum atomic E-state index is -0.293. The van der Waals surface area contributed by atoms with Crippen molar-refractivity contribution in [3.05, 3.63) is 47.9 Å². The van der Waals surface area contributed by atoms with E-state index in [1.54, 1.807) is 7.11 Å². The van der Waals surface area contributed by atoms with Crippen molar-refractivity contribution >= 4 is 11.7 Å². The molecule has 0 saturated heterocycles. The summed E-state index contributed by atoms with van der Waals surface area (Å²) in [5.41, 5.74) is 6.94. The van der Waals surface area contributed by atoms with Gasteiger partial charge in [-0.1, -0.05) is 12.1 Å². The van der Waals surface area contributed by atoms with Crippen molar-refractivity contribution in [2.75, 3.05) is 12.8 Å². The fourth-order valence-electron chi connectivity index (χ4n) is 2.45. The van der Waals surface area contributed by atoms with Crippen molar-refractivity contribution in [2.45, 2.75) is 18.9 Å². The molecule has 1 unspecified atom stereocenters. The van der Waals surface area contributed by atoms with Gasteiger partial charge in [-0.25, -0.2) is 9.97 Å². The molecule has 0 bridgehead atoms. The second kappa shape index (κ2) is 6.01. The fraction of sp³-hybridized carbons (Fsp3) is 0.312. The number of nitrogens with zero attached hydrogens (tertiary/aromatic N) is 2. The van der Waals surface area contributed by atoms with Crippen LogP contribution >= 0.6 is 0 Å². The molecule has 1 aromatic carbocycles. The van der Waals surface area contributed by atoms with Gasteiger partial charge in [-0.15, -0.1) is 0 Å². The molecule has 1 aliphatic carbocycles. The van der Waals surface area contributed by atoms with Crippen LogP contribution in [0.4, 0.5) is 5.82 Å². The van der Waals surface area contributed by atoms with Gasteiger partial charge in [0.1, 0.15) is 5.75 Å². The van der Waals surface area contributed by atoms with Crippen molar-refractivity contribution in [2.24, 2.45) is 5.92 Å². The van der Waals surface area contributed by atoms with E-state index in [9.17, 15) is 4.79 Å². The largest absolute Gasteiger partial charge is 0.497 e. The Morgan fingerprint density at radius 3 is 2.55 bits per heavy atom. The number of nitrogens with two attached hydrogens (primary N) is 1. The zero-order valence-electron chi connectivity index (χ0n) is 12.3. The summed E-state index contributed by atoms with van der Waals surface area (Å²) in [6, 6.07) is 7.70. The van der Waals surface area contributed by atoms with Crippen LogP contribution in [-0.2, 0) is 0 Å². The van der Waals surface area contributed by atoms with Crippen molar-refractivity contribution in [3.63, 3.8) is 0 Å². The van der Waals surface area contributed by atoms with Crippen LogP contribution in [-0.4, -0.2) is 23.0 Å². The summed E-state index contributed by atoms with van der Waals surface area (Å²) in [6.07, 6.45) is 5.14. The van der Waals surface area contributed by atoms with E-state index in [1.165, 1.54) is 12.4 Å². The number of methoxy groups -OCH3 is 1. The van der Waals surface area contributed by atoms with Crippen LogP contribution in [0.5, 0.6) is 5.75 Å². The monoisotopic (exact) mass is 298 g/mol. The standard InChI is InChI=1S/C16H18N4O2/c1-22-12-6-4-11(5-7-12)13(10-2-3-10)20-16(21)14-15(17)19-9-8-18-14/h4-10,13H,2-3H2,1H3,(H2,17,19)(H,20,21). The Morgan fingerprint density at radius 2 is 1.95 bits per heavy atom. The molecule has 1 aliphatic rings. The summed E-state index contributed by atoms with van der Waals surface area (Å²) in [7, 11) is 1.63. The minimum absolute atomic E-state index is 0.0418. The molecule has 1 heterocycles. The molecular weight excluding hydrogens is 280 g/mol. The SMILES string of the molecule is COc1ccc(C(NC(=O)c2nccnc2N)C2CC2)cc1. The maximum atomic E-state index is 12.4. The Kier molecular flexibility index (Phi) is 3.91. The average molecular weight is 298 g/mol. The Bertz CT molecular complexity index is 668. The van der Waals surface area contributed by atoms with Gasteiger partial charge in [0, 0.05) is 12.4 Å². The number of aromatic nitrogens is 2. The third kappa shape index (κ3) is 3.00. The smallest absolute Gasteiger partial charge is 0.274 e. The topological polar surface area (TPSA) is 90.1 Å². The zero-order valence-corrected chi connectivity index (χ0v) is 12.3. The Labute approximate surface area is 128 Å². The van der Waals surface area contributed by atoms with E-state index in [4.69, 9.17) is 10.5 Å². The van der Waals surface area contributed by atoms with Gasteiger partial charge in [0.15, 0.2) is 11.5 Å². The lowest BCUT2D eigenvalue weighted by molar-refractivity contribution is 0.0927. The molecule has 1 amide bonds. The first-order valence-corrected chi connectivity index (χ1v) is 7.20. The molecule has 0 aliphatic heterocycles. The number of hydrogen-bond acceptors (Lipinski definition) is 5. The van der Waals surface area contributed by atoms with Crippen molar-refractivity contribution in [3.8, 4) is 5.75 Å². The molecule has 6 heteroatoms. The van der Waals surface area contributed by atoms with Crippen LogP contribution in [0.3, 0.4) is 0 Å². The second-order valence-electron chi connectivity index (χ2n) is 5.35. The number of carbonyl (C=O) groups is 1. The quantitative estimate of drug-likeness (QED) is 0.880. The van der Waals surface area contributed by atoms with Crippen molar-refractivity contribution < 1.29 is 9.53 Å². The maximum Gasteiger partial charge on any atom is 0.274 e. The van der Waals surface area contributed by atoms with E-state index in [-0.39, 0.29) is 23.5 Å². The van der Waals surface area contributed by atoms with E-state index >= 15 is 0 Å². The third-order valence-corrected chi connectivity index (χ3v) is 3.80. The molecule has 2 aromatic rings. The average Bonchev–Trinajstić information content (AvgIpc) is 3.38. The predicted octanol–water partition coefficient (Wildman–Crippen LogP) is 1.95. The molecule has 0 spiro atoms. The van der Waals surface area contributed by atoms with Gasteiger partial charge >= 0.3 is 0 Å². The number of anilines is 1. The number of amides is 1. The summed E-state index contributed by atoms with van der Waals surface area (Å²) in [4.78, 5) is 20.3. The van der Waals surface area contributed by atoms with Gasteiger partial charge in [-0.3, -0.25) is 4.79 Å². The molecule has 6 nitrogen and oxygen atoms in total. The first-order chi connectivity index (χ1) is 10.7. The molecule has 1 fully saturated rings. The molecule has 114 valence electrons. The first kappa shape index (κ1) is 14.3. The minimum Gasteiger partial charge on any atom is -0.497 e. The summed E-state index contributed by atoms with van der Waals surface area (Å²) in [5, 5.41) is 3.03. The molecule has 22 heavy (non-hydrogen) atoms. The van der Waals surface area contributed by atoms with Crippen LogP contribution in [0.2, 0.25) is 0 Å². The number of nitrogen functional groups attached to an aromatic ring is 1. The lowest BCUT2D eigenvalue weighted by atomic mass is 10.0. The molecular formula is C16H18N4O2. The van der Waals surface area contributed by atoms with Gasteiger partial charge in [0.2, 0.25) is 0 Å². The van der Waals surface area contributed by atoms with E-state index < -0.39 is 0 Å². The first-order valence-electron chi connectivity index (χ1n) is 7.20. The highest BCUT2D eigenvalue weighted by molar-refractivity contribution is 5.96. The van der Waals surface area contributed by atoms with E-state index in [0.29, 0.717) is 5.92 Å². The van der Waals surface area contributed by atoms with E-state index in [0.717, 1.165) is 24.2 Å². The Morgan fingerprint density at radius 1 is 1.27 bits per heavy atom. The van der Waals surface area contributed by atoms with Gasteiger partial charge in [-0.05, 0) is 36.5 Å². The molecule has 3 N–H and O–H groups in total. The van der Waals surface area contributed by atoms with Gasteiger partial charge in [0.25, 0.3) is 5.91 Å². The van der Waals surface area contributed by atoms with E-state index in [2.05, 4.69) is 15.3 Å². The molecule has 0 radical (unpaired) electrons. The van der Waals surface area contributed by atoms with Crippen molar-refractivity contribution in [1.29, 1.82) is 0 Å². The summed E-state index contributed by atoms with van der Waals surface area (Å²) in [6.45, 7) is 0. The number of benzene rings is 1. The van der Waals surface area contributed by atoms with Gasteiger partial charge < -0.3 is 15.8 Å². The van der Waals surface area contributed by atoms with Crippen LogP contribution in [0.15, 0.2) is 36.7 Å². The predicted molar refractivity (Wildman–Crippen MR) is 82.4 cm³/mol. The van der Waals surface area contributed by atoms with Crippen molar-refractivity contribution in [1.82, 2.24) is 15.3 Å². The third-order valence-electron chi connectivity index (χ3n) is 3.80. The molecule has 1 saturated carbocycles. The Balaban J connectivity index is 1.80. The summed E-state index contributed by atoms with van der Waals surface area (Å²) < 4.78 is 5.17. The highest BCUT2D eigenvalue weighted by Gasteiger charge is 2.34. The van der Waals surface area contributed by atoms with Gasteiger partial charge in [-0.2, -0.15) is 0 Å². The normalized spacial score (nSPS) is 15.1. The zero-order chi connectivity index (χ0) is 15.5. The van der Waals surface area contributed by atoms with E-state index in [1.807, 2.05) is 24.3 Å². The summed E-state index contributed by atoms with van der Waals surface area (Å²) >= 11 is 0. The second-order valence-corrected chi connectivity index (χ2v) is 5.35. The highest BCUT2D eigenvalue weighted by Crippen LogP contribution is 2.41. The van der Waals surface area contributed by atoms with Crippen LogP contribution in [0.25, 0.3) is 0 Å². The number of carbonyl (C=O) groups excluding carboxylic acids is 1. The fourth-order valence-corrected chi connectivity index (χ4v) is 2.45. The van der Waals surface area contributed by atoms with Crippen LogP contribution in [0.1, 0.15) is 34.9 Å². The summed E-state index contributed by atoms with van der Waals surface area (Å²) in [5.74, 6) is 1.10. The maximum absolute atomic E-state index is 12.4. The highest BCUT2D eigenvalue weighted by atomic mass is 16.5. The van der Waals surface area contributed by atoms with Crippen LogP contribution < -0.4 is 15.8 Å².